The Morgan fingerprint density at radius 3 is 2.62 bits per heavy atom. The van der Waals surface area contributed by atoms with E-state index in [1.807, 2.05) is 0 Å². The summed E-state index contributed by atoms with van der Waals surface area (Å²) in [5, 5.41) is 0.945. The summed E-state index contributed by atoms with van der Waals surface area (Å²) in [6, 6.07) is 6.55. The maximum Gasteiger partial charge on any atom is 0.0242 e. The molecule has 0 aliphatic rings. The van der Waals surface area contributed by atoms with Crippen LogP contribution in [0, 0.1) is 13.8 Å². The van der Waals surface area contributed by atoms with Crippen molar-refractivity contribution in [3.8, 4) is 0 Å². The molecule has 0 aliphatic heterocycles. The molecule has 0 atom stereocenters. The lowest BCUT2D eigenvalue weighted by Gasteiger charge is -2.02. The van der Waals surface area contributed by atoms with Gasteiger partial charge in [0.25, 0.3) is 0 Å². The summed E-state index contributed by atoms with van der Waals surface area (Å²) in [5.74, 6) is 0. The van der Waals surface area contributed by atoms with Crippen molar-refractivity contribution in [2.45, 2.75) is 20.8 Å². The fraction of sp³-hybridized carbons (Fsp3) is 0.333. The van der Waals surface area contributed by atoms with Gasteiger partial charge in [-0.1, -0.05) is 51.3 Å². The van der Waals surface area contributed by atoms with Crippen molar-refractivity contribution in [1.29, 1.82) is 0 Å². The molecule has 13 heavy (non-hydrogen) atoms. The lowest BCUT2D eigenvalue weighted by molar-refractivity contribution is 1.35. The molecule has 0 amide bonds. The van der Waals surface area contributed by atoms with Gasteiger partial charge in [0.2, 0.25) is 0 Å². The van der Waals surface area contributed by atoms with Gasteiger partial charge in [-0.25, -0.2) is 0 Å². The minimum absolute atomic E-state index is 0.945. The van der Waals surface area contributed by atoms with E-state index in [1.165, 1.54) is 22.3 Å². The van der Waals surface area contributed by atoms with E-state index < -0.39 is 0 Å². The highest BCUT2D eigenvalue weighted by Crippen LogP contribution is 2.14. The molecule has 1 aromatic carbocycles. The second-order valence-electron chi connectivity index (χ2n) is 3.48. The molecule has 1 heteroatoms. The summed E-state index contributed by atoms with van der Waals surface area (Å²) < 4.78 is 0. The summed E-state index contributed by atoms with van der Waals surface area (Å²) in [4.78, 5) is 0. The molecule has 1 rings (SSSR count). The average Bonchev–Trinajstić information content (AvgIpc) is 2.09. The van der Waals surface area contributed by atoms with E-state index in [2.05, 4.69) is 61.0 Å². The summed E-state index contributed by atoms with van der Waals surface area (Å²) in [6.45, 7) is 6.41. The molecule has 0 unspecified atom stereocenters. The van der Waals surface area contributed by atoms with Gasteiger partial charge in [-0.3, -0.25) is 0 Å². The maximum absolute atomic E-state index is 3.44. The Morgan fingerprint density at radius 1 is 1.38 bits per heavy atom. The molecule has 0 spiro atoms. The zero-order valence-electron chi connectivity index (χ0n) is 8.39. The molecule has 0 saturated carbocycles. The second-order valence-corrected chi connectivity index (χ2v) is 4.05. The van der Waals surface area contributed by atoms with Crippen LogP contribution in [-0.4, -0.2) is 5.33 Å². The molecule has 0 N–H and O–H groups in total. The van der Waals surface area contributed by atoms with Crippen molar-refractivity contribution in [2.75, 3.05) is 5.33 Å². The van der Waals surface area contributed by atoms with E-state index in [4.69, 9.17) is 0 Å². The third-order valence-corrected chi connectivity index (χ3v) is 2.92. The lowest BCUT2D eigenvalue weighted by Crippen LogP contribution is -1.84. The Labute approximate surface area is 88.8 Å². The Morgan fingerprint density at radius 2 is 2.08 bits per heavy atom. The van der Waals surface area contributed by atoms with Gasteiger partial charge in [0.05, 0.1) is 0 Å². The van der Waals surface area contributed by atoms with Gasteiger partial charge in [-0.05, 0) is 31.9 Å². The minimum Gasteiger partial charge on any atom is -0.0880 e. The standard InChI is InChI=1S/C12H15Br/c1-9-4-5-12(11(3)6-9)7-10(2)8-13/h4-7H,8H2,1-3H3. The summed E-state index contributed by atoms with van der Waals surface area (Å²) >= 11 is 3.44. The number of aryl methyl sites for hydroxylation is 2. The Balaban J connectivity index is 3.03. The van der Waals surface area contributed by atoms with E-state index in [1.54, 1.807) is 0 Å². The highest BCUT2D eigenvalue weighted by molar-refractivity contribution is 9.09. The van der Waals surface area contributed by atoms with Crippen molar-refractivity contribution in [2.24, 2.45) is 0 Å². The van der Waals surface area contributed by atoms with Gasteiger partial charge < -0.3 is 0 Å². The van der Waals surface area contributed by atoms with Gasteiger partial charge in [0.15, 0.2) is 0 Å². The first-order valence-electron chi connectivity index (χ1n) is 4.44. The molecule has 0 aromatic heterocycles. The number of halogens is 1. The Kier molecular flexibility index (Phi) is 3.73. The van der Waals surface area contributed by atoms with Crippen LogP contribution in [-0.2, 0) is 0 Å². The molecule has 70 valence electrons. The zero-order chi connectivity index (χ0) is 9.84. The molecule has 0 fully saturated rings. The van der Waals surface area contributed by atoms with Crippen molar-refractivity contribution in [3.63, 3.8) is 0 Å². The van der Waals surface area contributed by atoms with E-state index >= 15 is 0 Å². The molecule has 1 aromatic rings. The quantitative estimate of drug-likeness (QED) is 0.681. The Bertz CT molecular complexity index is 324. The highest BCUT2D eigenvalue weighted by atomic mass is 79.9. The van der Waals surface area contributed by atoms with Crippen LogP contribution in [0.1, 0.15) is 23.6 Å². The van der Waals surface area contributed by atoms with Crippen LogP contribution < -0.4 is 0 Å². The number of alkyl halides is 1. The number of allylic oxidation sites excluding steroid dienone is 1. The fourth-order valence-electron chi connectivity index (χ4n) is 1.29. The van der Waals surface area contributed by atoms with Gasteiger partial charge in [-0.2, -0.15) is 0 Å². The fourth-order valence-corrected chi connectivity index (χ4v) is 1.45. The molecular weight excluding hydrogens is 224 g/mol. The van der Waals surface area contributed by atoms with Crippen LogP contribution in [0.2, 0.25) is 0 Å². The van der Waals surface area contributed by atoms with Gasteiger partial charge >= 0.3 is 0 Å². The van der Waals surface area contributed by atoms with Crippen LogP contribution in [0.4, 0.5) is 0 Å². The topological polar surface area (TPSA) is 0 Å². The normalized spacial score (nSPS) is 11.8. The summed E-state index contributed by atoms with van der Waals surface area (Å²) in [5.41, 5.74) is 5.35. The summed E-state index contributed by atoms with van der Waals surface area (Å²) in [6.07, 6.45) is 2.23. The maximum atomic E-state index is 3.44. The summed E-state index contributed by atoms with van der Waals surface area (Å²) in [7, 11) is 0. The molecule has 0 saturated heterocycles. The lowest BCUT2D eigenvalue weighted by atomic mass is 10.0. The number of hydrogen-bond donors (Lipinski definition) is 0. The molecule has 0 nitrogen and oxygen atoms in total. The van der Waals surface area contributed by atoms with Crippen molar-refractivity contribution >= 4 is 22.0 Å². The van der Waals surface area contributed by atoms with E-state index in [9.17, 15) is 0 Å². The number of benzene rings is 1. The highest BCUT2D eigenvalue weighted by Gasteiger charge is 1.95. The van der Waals surface area contributed by atoms with Crippen LogP contribution in [0.15, 0.2) is 23.8 Å². The first-order valence-corrected chi connectivity index (χ1v) is 5.56. The number of hydrogen-bond acceptors (Lipinski definition) is 0. The van der Waals surface area contributed by atoms with E-state index in [-0.39, 0.29) is 0 Å². The largest absolute Gasteiger partial charge is 0.0880 e. The van der Waals surface area contributed by atoms with Gasteiger partial charge in [0.1, 0.15) is 0 Å². The Hall–Kier alpha value is -0.560. The molecule has 0 aliphatic carbocycles. The molecule has 0 heterocycles. The van der Waals surface area contributed by atoms with Crippen LogP contribution in [0.3, 0.4) is 0 Å². The van der Waals surface area contributed by atoms with E-state index in [0.717, 1.165) is 5.33 Å². The molecule has 0 radical (unpaired) electrons. The smallest absolute Gasteiger partial charge is 0.0242 e. The predicted molar refractivity (Wildman–Crippen MR) is 63.4 cm³/mol. The average molecular weight is 239 g/mol. The predicted octanol–water partition coefficient (Wildman–Crippen LogP) is 4.10. The monoisotopic (exact) mass is 238 g/mol. The number of rotatable bonds is 2. The molecule has 0 bridgehead atoms. The van der Waals surface area contributed by atoms with Gasteiger partial charge in [-0.15, -0.1) is 0 Å². The van der Waals surface area contributed by atoms with Crippen molar-refractivity contribution < 1.29 is 0 Å². The van der Waals surface area contributed by atoms with Crippen molar-refractivity contribution in [3.05, 3.63) is 40.5 Å². The third-order valence-electron chi connectivity index (χ3n) is 2.04. The van der Waals surface area contributed by atoms with Crippen LogP contribution in [0.5, 0.6) is 0 Å². The van der Waals surface area contributed by atoms with Crippen molar-refractivity contribution in [1.82, 2.24) is 0 Å². The SMILES string of the molecule is CC(=Cc1ccc(C)cc1C)CBr. The zero-order valence-corrected chi connectivity index (χ0v) is 9.98. The van der Waals surface area contributed by atoms with Gasteiger partial charge in [0, 0.05) is 5.33 Å². The van der Waals surface area contributed by atoms with Crippen LogP contribution >= 0.6 is 15.9 Å². The first kappa shape index (κ1) is 10.5. The third kappa shape index (κ3) is 3.00. The molecular formula is C12H15Br. The second kappa shape index (κ2) is 4.61. The minimum atomic E-state index is 0.945. The van der Waals surface area contributed by atoms with Crippen LogP contribution in [0.25, 0.3) is 6.08 Å². The van der Waals surface area contributed by atoms with E-state index in [0.29, 0.717) is 0 Å². The first-order chi connectivity index (χ1) is 6.13.